The van der Waals surface area contributed by atoms with Gasteiger partial charge in [-0.15, -0.1) is 0 Å². The van der Waals surface area contributed by atoms with E-state index in [1.807, 2.05) is 0 Å². The molecule has 2 rings (SSSR count). The van der Waals surface area contributed by atoms with Gasteiger partial charge in [0.15, 0.2) is 0 Å². The van der Waals surface area contributed by atoms with Crippen LogP contribution in [0.2, 0.25) is 0 Å². The van der Waals surface area contributed by atoms with E-state index in [1.165, 1.54) is 0 Å². The minimum Gasteiger partial charge on any atom is -0.396 e. The lowest BCUT2D eigenvalue weighted by Crippen LogP contribution is -2.15. The van der Waals surface area contributed by atoms with Crippen molar-refractivity contribution in [2.75, 3.05) is 13.2 Å². The van der Waals surface area contributed by atoms with E-state index in [9.17, 15) is 0 Å². The standard InChI is InChI=1S/C9H12N2O2/c12-3-1-8-7-5-13-4-2-9(7)11-6-10-8/h6,12H,1-5H2. The van der Waals surface area contributed by atoms with Crippen molar-refractivity contribution in [1.29, 1.82) is 0 Å². The van der Waals surface area contributed by atoms with Gasteiger partial charge >= 0.3 is 0 Å². The topological polar surface area (TPSA) is 55.2 Å². The fraction of sp³-hybridized carbons (Fsp3) is 0.556. The Morgan fingerprint density at radius 1 is 1.46 bits per heavy atom. The van der Waals surface area contributed by atoms with Gasteiger partial charge in [0.25, 0.3) is 0 Å². The molecule has 0 aromatic carbocycles. The highest BCUT2D eigenvalue weighted by molar-refractivity contribution is 5.25. The van der Waals surface area contributed by atoms with E-state index in [4.69, 9.17) is 9.84 Å². The van der Waals surface area contributed by atoms with Gasteiger partial charge in [-0.05, 0) is 0 Å². The maximum atomic E-state index is 8.82. The number of fused-ring (bicyclic) bond motifs is 1. The quantitative estimate of drug-likeness (QED) is 0.700. The molecule has 4 heteroatoms. The molecule has 4 nitrogen and oxygen atoms in total. The Bertz CT molecular complexity index is 302. The largest absolute Gasteiger partial charge is 0.396 e. The first-order valence-corrected chi connectivity index (χ1v) is 4.42. The van der Waals surface area contributed by atoms with Crippen LogP contribution in [-0.2, 0) is 24.2 Å². The number of rotatable bonds is 2. The third-order valence-electron chi connectivity index (χ3n) is 2.20. The highest BCUT2D eigenvalue weighted by atomic mass is 16.5. The van der Waals surface area contributed by atoms with Crippen LogP contribution in [0.1, 0.15) is 17.0 Å². The number of hydrogen-bond donors (Lipinski definition) is 1. The predicted octanol–water partition coefficient (Wildman–Crippen LogP) is 0.0841. The van der Waals surface area contributed by atoms with Crippen molar-refractivity contribution in [3.05, 3.63) is 23.3 Å². The van der Waals surface area contributed by atoms with E-state index in [-0.39, 0.29) is 6.61 Å². The zero-order chi connectivity index (χ0) is 9.10. The fourth-order valence-electron chi connectivity index (χ4n) is 1.54. The SMILES string of the molecule is OCCc1ncnc2c1COCC2. The zero-order valence-electron chi connectivity index (χ0n) is 7.36. The summed E-state index contributed by atoms with van der Waals surface area (Å²) in [6, 6.07) is 0. The minimum atomic E-state index is 0.128. The van der Waals surface area contributed by atoms with Crippen molar-refractivity contribution < 1.29 is 9.84 Å². The van der Waals surface area contributed by atoms with Gasteiger partial charge in [0.05, 0.1) is 24.6 Å². The van der Waals surface area contributed by atoms with Crippen LogP contribution in [0.15, 0.2) is 6.33 Å². The number of ether oxygens (including phenoxy) is 1. The van der Waals surface area contributed by atoms with Crippen molar-refractivity contribution in [2.24, 2.45) is 0 Å². The Balaban J connectivity index is 2.34. The van der Waals surface area contributed by atoms with Crippen molar-refractivity contribution in [2.45, 2.75) is 19.4 Å². The first-order valence-electron chi connectivity index (χ1n) is 4.42. The second kappa shape index (κ2) is 3.81. The van der Waals surface area contributed by atoms with Gasteiger partial charge in [0, 0.05) is 25.0 Å². The average Bonchev–Trinajstić information content (AvgIpc) is 2.19. The molecule has 2 heterocycles. The molecule has 70 valence electrons. The molecule has 13 heavy (non-hydrogen) atoms. The summed E-state index contributed by atoms with van der Waals surface area (Å²) in [7, 11) is 0. The van der Waals surface area contributed by atoms with Crippen LogP contribution >= 0.6 is 0 Å². The van der Waals surface area contributed by atoms with Crippen molar-refractivity contribution >= 4 is 0 Å². The molecular formula is C9H12N2O2. The summed E-state index contributed by atoms with van der Waals surface area (Å²) >= 11 is 0. The van der Waals surface area contributed by atoms with E-state index in [0.29, 0.717) is 13.0 Å². The number of nitrogens with zero attached hydrogens (tertiary/aromatic N) is 2. The highest BCUT2D eigenvalue weighted by Crippen LogP contribution is 2.16. The van der Waals surface area contributed by atoms with Gasteiger partial charge in [0.2, 0.25) is 0 Å². The third kappa shape index (κ3) is 1.68. The number of aliphatic hydroxyl groups excluding tert-OH is 1. The van der Waals surface area contributed by atoms with Gasteiger partial charge in [-0.3, -0.25) is 0 Å². The molecule has 1 aliphatic rings. The molecule has 0 saturated carbocycles. The molecule has 1 aliphatic heterocycles. The summed E-state index contributed by atoms with van der Waals surface area (Å²) in [6.45, 7) is 1.46. The Labute approximate surface area is 76.6 Å². The van der Waals surface area contributed by atoms with Crippen molar-refractivity contribution in [1.82, 2.24) is 9.97 Å². The second-order valence-corrected chi connectivity index (χ2v) is 3.02. The number of aliphatic hydroxyl groups is 1. The van der Waals surface area contributed by atoms with Gasteiger partial charge in [-0.25, -0.2) is 9.97 Å². The lowest BCUT2D eigenvalue weighted by molar-refractivity contribution is 0.107. The molecule has 1 N–H and O–H groups in total. The summed E-state index contributed by atoms with van der Waals surface area (Å²) in [5.74, 6) is 0. The summed E-state index contributed by atoms with van der Waals surface area (Å²) in [4.78, 5) is 8.32. The van der Waals surface area contributed by atoms with Crippen LogP contribution in [0.25, 0.3) is 0 Å². The first kappa shape index (κ1) is 8.59. The Morgan fingerprint density at radius 3 is 3.23 bits per heavy atom. The average molecular weight is 180 g/mol. The van der Waals surface area contributed by atoms with Gasteiger partial charge in [-0.2, -0.15) is 0 Å². The summed E-state index contributed by atoms with van der Waals surface area (Å²) in [5, 5.41) is 8.82. The van der Waals surface area contributed by atoms with E-state index in [2.05, 4.69) is 9.97 Å². The zero-order valence-corrected chi connectivity index (χ0v) is 7.36. The molecular weight excluding hydrogens is 168 g/mol. The summed E-state index contributed by atoms with van der Waals surface area (Å²) < 4.78 is 5.32. The van der Waals surface area contributed by atoms with Crippen LogP contribution in [0.3, 0.4) is 0 Å². The molecule has 0 amide bonds. The van der Waals surface area contributed by atoms with Crippen LogP contribution in [-0.4, -0.2) is 28.3 Å². The second-order valence-electron chi connectivity index (χ2n) is 3.02. The van der Waals surface area contributed by atoms with Crippen LogP contribution in [0.4, 0.5) is 0 Å². The van der Waals surface area contributed by atoms with Gasteiger partial charge < -0.3 is 9.84 Å². The van der Waals surface area contributed by atoms with Crippen LogP contribution in [0.5, 0.6) is 0 Å². The maximum Gasteiger partial charge on any atom is 0.115 e. The number of aromatic nitrogens is 2. The Morgan fingerprint density at radius 2 is 2.38 bits per heavy atom. The lowest BCUT2D eigenvalue weighted by Gasteiger charge is -2.17. The first-order chi connectivity index (χ1) is 6.42. The molecule has 0 fully saturated rings. The van der Waals surface area contributed by atoms with E-state index >= 15 is 0 Å². The molecule has 1 aromatic rings. The fourth-order valence-corrected chi connectivity index (χ4v) is 1.54. The highest BCUT2D eigenvalue weighted by Gasteiger charge is 2.14. The molecule has 0 bridgehead atoms. The molecule has 0 spiro atoms. The molecule has 0 aliphatic carbocycles. The Kier molecular flexibility index (Phi) is 2.52. The maximum absolute atomic E-state index is 8.82. The predicted molar refractivity (Wildman–Crippen MR) is 46.2 cm³/mol. The van der Waals surface area contributed by atoms with Crippen molar-refractivity contribution in [3.63, 3.8) is 0 Å². The molecule has 0 saturated heterocycles. The smallest absolute Gasteiger partial charge is 0.115 e. The monoisotopic (exact) mass is 180 g/mol. The van der Waals surface area contributed by atoms with Crippen molar-refractivity contribution in [3.8, 4) is 0 Å². The van der Waals surface area contributed by atoms with E-state index < -0.39 is 0 Å². The third-order valence-corrected chi connectivity index (χ3v) is 2.20. The summed E-state index contributed by atoms with van der Waals surface area (Å²) in [5.41, 5.74) is 3.07. The molecule has 0 radical (unpaired) electrons. The minimum absolute atomic E-state index is 0.128. The lowest BCUT2D eigenvalue weighted by atomic mass is 10.1. The number of hydrogen-bond acceptors (Lipinski definition) is 4. The van der Waals surface area contributed by atoms with Gasteiger partial charge in [0.1, 0.15) is 6.33 Å². The molecule has 1 aromatic heterocycles. The van der Waals surface area contributed by atoms with E-state index in [0.717, 1.165) is 30.0 Å². The molecule has 0 unspecified atom stereocenters. The van der Waals surface area contributed by atoms with Crippen LogP contribution in [0, 0.1) is 0 Å². The molecule has 0 atom stereocenters. The Hall–Kier alpha value is -1.00. The van der Waals surface area contributed by atoms with E-state index in [1.54, 1.807) is 6.33 Å². The van der Waals surface area contributed by atoms with Crippen LogP contribution < -0.4 is 0 Å². The normalized spacial score (nSPS) is 15.5. The van der Waals surface area contributed by atoms with Gasteiger partial charge in [-0.1, -0.05) is 0 Å². The summed E-state index contributed by atoms with van der Waals surface area (Å²) in [6.07, 6.45) is 3.01.